The van der Waals surface area contributed by atoms with E-state index in [9.17, 15) is 14.4 Å². The molecule has 1 fully saturated rings. The van der Waals surface area contributed by atoms with Crippen LogP contribution in [-0.2, 0) is 14.3 Å². The highest BCUT2D eigenvalue weighted by molar-refractivity contribution is 7.15. The molecule has 2 N–H and O–H groups in total. The number of nitrogens with one attached hydrogen (secondary N) is 2. The van der Waals surface area contributed by atoms with Gasteiger partial charge in [0.1, 0.15) is 10.6 Å². The van der Waals surface area contributed by atoms with E-state index in [0.29, 0.717) is 28.6 Å². The fourth-order valence-corrected chi connectivity index (χ4v) is 3.72. The van der Waals surface area contributed by atoms with Gasteiger partial charge in [-0.1, -0.05) is 44.2 Å². The van der Waals surface area contributed by atoms with Crippen LogP contribution in [-0.4, -0.2) is 30.4 Å². The molecule has 0 radical (unpaired) electrons. The van der Waals surface area contributed by atoms with E-state index < -0.39 is 12.1 Å². The number of esters is 1. The number of carbonyl (C=O) groups is 3. The molecule has 1 aromatic carbocycles. The Morgan fingerprint density at radius 2 is 1.83 bits per heavy atom. The standard InChI is InChI=1S/C22H26N2O4S/c1-13(2)11-23-19(25)14(3)28-22(27)18-17(15-7-5-4-6-8-15)12-29-21(18)24-20(26)16-9-10-16/h4-8,12-14,16H,9-11H2,1-3H3,(H,23,25)(H,24,26)/t14-/m1/s1. The molecule has 0 saturated heterocycles. The van der Waals surface area contributed by atoms with Gasteiger partial charge in [0, 0.05) is 23.4 Å². The van der Waals surface area contributed by atoms with Crippen LogP contribution in [0.5, 0.6) is 0 Å². The number of rotatable bonds is 8. The fourth-order valence-electron chi connectivity index (χ4n) is 2.76. The Balaban J connectivity index is 1.82. The highest BCUT2D eigenvalue weighted by Gasteiger charge is 2.32. The molecule has 2 aromatic rings. The summed E-state index contributed by atoms with van der Waals surface area (Å²) >= 11 is 1.29. The zero-order valence-corrected chi connectivity index (χ0v) is 17.7. The second kappa shape index (κ2) is 9.22. The molecule has 1 saturated carbocycles. The van der Waals surface area contributed by atoms with Crippen molar-refractivity contribution in [3.05, 3.63) is 41.3 Å². The highest BCUT2D eigenvalue weighted by Crippen LogP contribution is 2.38. The lowest BCUT2D eigenvalue weighted by molar-refractivity contribution is -0.129. The molecule has 1 heterocycles. The lowest BCUT2D eigenvalue weighted by Gasteiger charge is -2.16. The van der Waals surface area contributed by atoms with Crippen LogP contribution in [0.15, 0.2) is 35.7 Å². The number of amides is 2. The smallest absolute Gasteiger partial charge is 0.342 e. The number of carbonyl (C=O) groups excluding carboxylic acids is 3. The van der Waals surface area contributed by atoms with E-state index in [-0.39, 0.29) is 17.7 Å². The van der Waals surface area contributed by atoms with Gasteiger partial charge in [-0.15, -0.1) is 11.3 Å². The molecule has 6 nitrogen and oxygen atoms in total. The lowest BCUT2D eigenvalue weighted by Crippen LogP contribution is -2.37. The van der Waals surface area contributed by atoms with Crippen LogP contribution in [0, 0.1) is 11.8 Å². The highest BCUT2D eigenvalue weighted by atomic mass is 32.1. The molecular formula is C22H26N2O4S. The van der Waals surface area contributed by atoms with Gasteiger partial charge >= 0.3 is 5.97 Å². The number of benzene rings is 1. The maximum atomic E-state index is 13.0. The van der Waals surface area contributed by atoms with E-state index in [1.165, 1.54) is 11.3 Å². The molecule has 29 heavy (non-hydrogen) atoms. The maximum Gasteiger partial charge on any atom is 0.342 e. The normalized spacial score (nSPS) is 14.3. The quantitative estimate of drug-likeness (QED) is 0.638. The minimum Gasteiger partial charge on any atom is -0.449 e. The van der Waals surface area contributed by atoms with Gasteiger partial charge in [-0.05, 0) is 31.2 Å². The topological polar surface area (TPSA) is 84.5 Å². The first-order valence-electron chi connectivity index (χ1n) is 9.83. The van der Waals surface area contributed by atoms with Crippen molar-refractivity contribution in [3.63, 3.8) is 0 Å². The van der Waals surface area contributed by atoms with Gasteiger partial charge in [0.05, 0.1) is 0 Å². The van der Waals surface area contributed by atoms with Gasteiger partial charge in [0.25, 0.3) is 5.91 Å². The Hall–Kier alpha value is -2.67. The first-order chi connectivity index (χ1) is 13.9. The Morgan fingerprint density at radius 1 is 1.14 bits per heavy atom. The van der Waals surface area contributed by atoms with E-state index in [0.717, 1.165) is 18.4 Å². The average molecular weight is 415 g/mol. The van der Waals surface area contributed by atoms with Crippen LogP contribution in [0.2, 0.25) is 0 Å². The van der Waals surface area contributed by atoms with Crippen molar-refractivity contribution in [2.75, 3.05) is 11.9 Å². The van der Waals surface area contributed by atoms with E-state index in [1.807, 2.05) is 49.6 Å². The van der Waals surface area contributed by atoms with Crippen molar-refractivity contribution in [2.45, 2.75) is 39.7 Å². The maximum absolute atomic E-state index is 13.0. The second-order valence-corrected chi connectivity index (χ2v) is 8.55. The third-order valence-electron chi connectivity index (χ3n) is 4.60. The molecule has 1 atom stereocenters. The third-order valence-corrected chi connectivity index (χ3v) is 5.50. The second-order valence-electron chi connectivity index (χ2n) is 7.67. The van der Waals surface area contributed by atoms with Crippen molar-refractivity contribution < 1.29 is 19.1 Å². The molecular weight excluding hydrogens is 388 g/mol. The number of anilines is 1. The molecule has 1 aromatic heterocycles. The largest absolute Gasteiger partial charge is 0.449 e. The van der Waals surface area contributed by atoms with Crippen molar-refractivity contribution in [2.24, 2.45) is 11.8 Å². The summed E-state index contributed by atoms with van der Waals surface area (Å²) in [6.07, 6.45) is 0.808. The van der Waals surface area contributed by atoms with Gasteiger partial charge in [0.15, 0.2) is 6.10 Å². The van der Waals surface area contributed by atoms with Crippen LogP contribution in [0.25, 0.3) is 11.1 Å². The van der Waals surface area contributed by atoms with Crippen molar-refractivity contribution >= 4 is 34.1 Å². The van der Waals surface area contributed by atoms with Gasteiger partial charge in [-0.25, -0.2) is 4.79 Å². The zero-order valence-electron chi connectivity index (χ0n) is 16.9. The first-order valence-corrected chi connectivity index (χ1v) is 10.7. The summed E-state index contributed by atoms with van der Waals surface area (Å²) in [5.41, 5.74) is 1.82. The number of ether oxygens (including phenoxy) is 1. The molecule has 3 rings (SSSR count). The van der Waals surface area contributed by atoms with Gasteiger partial charge in [-0.3, -0.25) is 9.59 Å². The predicted molar refractivity (Wildman–Crippen MR) is 114 cm³/mol. The SMILES string of the molecule is CC(C)CNC(=O)[C@@H](C)OC(=O)c1c(-c2ccccc2)csc1NC(=O)C1CC1. The van der Waals surface area contributed by atoms with Crippen LogP contribution in [0.1, 0.15) is 44.0 Å². The molecule has 0 unspecified atom stereocenters. The van der Waals surface area contributed by atoms with Gasteiger partial charge in [-0.2, -0.15) is 0 Å². The van der Waals surface area contributed by atoms with Crippen LogP contribution < -0.4 is 10.6 Å². The summed E-state index contributed by atoms with van der Waals surface area (Å²) in [7, 11) is 0. The number of thiophene rings is 1. The molecule has 0 spiro atoms. The minimum absolute atomic E-state index is 0.0156. The summed E-state index contributed by atoms with van der Waals surface area (Å²) in [4.78, 5) is 37.5. The van der Waals surface area contributed by atoms with E-state index in [4.69, 9.17) is 4.74 Å². The zero-order chi connectivity index (χ0) is 21.0. The lowest BCUT2D eigenvalue weighted by atomic mass is 10.0. The molecule has 1 aliphatic carbocycles. The molecule has 0 bridgehead atoms. The van der Waals surface area contributed by atoms with Crippen molar-refractivity contribution in [1.82, 2.24) is 5.32 Å². The van der Waals surface area contributed by atoms with Crippen LogP contribution >= 0.6 is 11.3 Å². The Bertz CT molecular complexity index is 887. The molecule has 0 aliphatic heterocycles. The number of hydrogen-bond acceptors (Lipinski definition) is 5. The molecule has 1 aliphatic rings. The molecule has 2 amide bonds. The summed E-state index contributed by atoms with van der Waals surface area (Å²) in [5, 5.41) is 7.92. The summed E-state index contributed by atoms with van der Waals surface area (Å²) in [6.45, 7) is 6.04. The van der Waals surface area contributed by atoms with Crippen LogP contribution in [0.3, 0.4) is 0 Å². The monoisotopic (exact) mass is 414 g/mol. The van der Waals surface area contributed by atoms with Gasteiger partial charge in [0.2, 0.25) is 5.91 Å². The van der Waals surface area contributed by atoms with Gasteiger partial charge < -0.3 is 15.4 Å². The van der Waals surface area contributed by atoms with Crippen LogP contribution in [0.4, 0.5) is 5.00 Å². The summed E-state index contributed by atoms with van der Waals surface area (Å²) in [5.74, 6) is -0.728. The van der Waals surface area contributed by atoms with Crippen molar-refractivity contribution in [1.29, 1.82) is 0 Å². The Labute approximate surface area is 174 Å². The fraction of sp³-hybridized carbons (Fsp3) is 0.409. The Morgan fingerprint density at radius 3 is 2.45 bits per heavy atom. The predicted octanol–water partition coefficient (Wildman–Crippen LogP) is 4.08. The van der Waals surface area contributed by atoms with Crippen molar-refractivity contribution in [3.8, 4) is 11.1 Å². The molecule has 154 valence electrons. The number of hydrogen-bond donors (Lipinski definition) is 2. The summed E-state index contributed by atoms with van der Waals surface area (Å²) in [6, 6.07) is 9.44. The first kappa shape index (κ1) is 21.0. The summed E-state index contributed by atoms with van der Waals surface area (Å²) < 4.78 is 5.45. The Kier molecular flexibility index (Phi) is 6.69. The van der Waals surface area contributed by atoms with E-state index in [2.05, 4.69) is 10.6 Å². The molecule has 7 heteroatoms. The van der Waals surface area contributed by atoms with E-state index >= 15 is 0 Å². The third kappa shape index (κ3) is 5.44. The minimum atomic E-state index is -0.934. The van der Waals surface area contributed by atoms with E-state index in [1.54, 1.807) is 6.92 Å². The average Bonchev–Trinajstić information content (AvgIpc) is 3.47.